The predicted octanol–water partition coefficient (Wildman–Crippen LogP) is 1.18. The molecule has 0 aromatic carbocycles. The van der Waals surface area contributed by atoms with Gasteiger partial charge in [-0.3, -0.25) is 0 Å². The third-order valence-electron chi connectivity index (χ3n) is 0.316. The fourth-order valence-electron chi connectivity index (χ4n) is 0. The molecule has 4 heavy (non-hydrogen) atoms. The number of hydrogen-bond acceptors (Lipinski definition) is 0. The Morgan fingerprint density at radius 3 is 2.00 bits per heavy atom. The Morgan fingerprint density at radius 2 is 2.00 bits per heavy atom. The van der Waals surface area contributed by atoms with Crippen LogP contribution in [0.3, 0.4) is 0 Å². The van der Waals surface area contributed by atoms with Crippen LogP contribution in [0.2, 0.25) is 10.9 Å². The summed E-state index contributed by atoms with van der Waals surface area (Å²) in [7, 11) is 0. The first-order chi connectivity index (χ1) is 1.91. The van der Waals surface area contributed by atoms with Gasteiger partial charge >= 0.3 is 33.6 Å². The number of rotatable bonds is 1. The summed E-state index contributed by atoms with van der Waals surface area (Å²) in [5.74, 6) is 0. The van der Waals surface area contributed by atoms with Crippen molar-refractivity contribution in [3.63, 3.8) is 0 Å². The molecule has 0 aliphatic carbocycles. The van der Waals surface area contributed by atoms with Crippen LogP contribution in [0.5, 0.6) is 0 Å². The van der Waals surface area contributed by atoms with Crippen LogP contribution in [0.25, 0.3) is 0 Å². The monoisotopic (exact) mass is 119 g/mol. The van der Waals surface area contributed by atoms with E-state index in [1.165, 1.54) is 5.21 Å². The predicted molar refractivity (Wildman–Crippen MR) is 22.1 cm³/mol. The summed E-state index contributed by atoms with van der Waals surface area (Å²) in [5, 5.41) is 1.41. The molecule has 0 N–H and O–H groups in total. The van der Waals surface area contributed by atoms with E-state index in [9.17, 15) is 0 Å². The third-order valence-corrected chi connectivity index (χ3v) is 1.64. The zero-order valence-corrected chi connectivity index (χ0v) is 5.03. The Morgan fingerprint density at radius 1 is 1.75 bits per heavy atom. The van der Waals surface area contributed by atoms with Crippen molar-refractivity contribution in [3.8, 4) is 0 Å². The van der Waals surface area contributed by atoms with Gasteiger partial charge in [-0.05, 0) is 0 Å². The van der Waals surface area contributed by atoms with Gasteiger partial charge in [0.15, 0.2) is 0 Å². The summed E-state index contributed by atoms with van der Waals surface area (Å²) in [6.45, 7) is 2.22. The van der Waals surface area contributed by atoms with Crippen molar-refractivity contribution in [1.82, 2.24) is 0 Å². The van der Waals surface area contributed by atoms with E-state index in [2.05, 4.69) is 12.6 Å². The van der Waals surface area contributed by atoms with Crippen LogP contribution in [0, 0.1) is 0 Å². The first-order valence-corrected chi connectivity index (χ1v) is 4.67. The Kier molecular flexibility index (Phi) is 4.06. The molecule has 1 heteroatoms. The molecule has 0 saturated heterocycles. The molecule has 0 heterocycles. The first kappa shape index (κ1) is 4.56. The van der Waals surface area contributed by atoms with Crippen molar-refractivity contribution in [2.75, 3.05) is 0 Å². The van der Waals surface area contributed by atoms with Crippen molar-refractivity contribution >= 4 is 15.8 Å². The van der Waals surface area contributed by atoms with E-state index in [0.717, 1.165) is 0 Å². The molecule has 0 atom stereocenters. The molecule has 0 fully saturated rings. The molecule has 0 saturated carbocycles. The van der Waals surface area contributed by atoms with Crippen molar-refractivity contribution < 1.29 is 0 Å². The standard InChI is InChI=1S/C3H8As/c1-3-4-2/h3H2,1-2H3. The normalized spacial score (nSPS) is 10.5. The Labute approximate surface area is 34.3 Å². The second-order valence-corrected chi connectivity index (χ2v) is 3.29. The van der Waals surface area contributed by atoms with Crippen molar-refractivity contribution in [2.24, 2.45) is 0 Å². The van der Waals surface area contributed by atoms with Crippen LogP contribution in [0.1, 0.15) is 6.92 Å². The molecule has 0 bridgehead atoms. The van der Waals surface area contributed by atoms with Gasteiger partial charge in [0.25, 0.3) is 0 Å². The molecule has 0 amide bonds. The number of hydrogen-bond donors (Lipinski definition) is 0. The average molecular weight is 119 g/mol. The first-order valence-electron chi connectivity index (χ1n) is 1.47. The maximum absolute atomic E-state index is 2.27. The third kappa shape index (κ3) is 2.56. The molecule has 0 rings (SSSR count). The summed E-state index contributed by atoms with van der Waals surface area (Å²) in [5.41, 5.74) is 2.27. The van der Waals surface area contributed by atoms with Gasteiger partial charge in [-0.1, -0.05) is 0 Å². The van der Waals surface area contributed by atoms with E-state index in [4.69, 9.17) is 0 Å². The zero-order chi connectivity index (χ0) is 3.41. The second kappa shape index (κ2) is 3.56. The van der Waals surface area contributed by atoms with Crippen LogP contribution in [-0.2, 0) is 0 Å². The van der Waals surface area contributed by atoms with E-state index in [1.807, 2.05) is 0 Å². The molecule has 0 nitrogen and oxygen atoms in total. The maximum atomic E-state index is 2.27. The van der Waals surface area contributed by atoms with E-state index < -0.39 is 0 Å². The summed E-state index contributed by atoms with van der Waals surface area (Å²) >= 11 is 0.715. The molecule has 0 unspecified atom stereocenters. The van der Waals surface area contributed by atoms with Gasteiger partial charge < -0.3 is 0 Å². The zero-order valence-electron chi connectivity index (χ0n) is 3.15. The van der Waals surface area contributed by atoms with Gasteiger partial charge in [0.05, 0.1) is 0 Å². The fourth-order valence-corrected chi connectivity index (χ4v) is 0. The summed E-state index contributed by atoms with van der Waals surface area (Å²) in [6, 6.07) is 0. The Bertz CT molecular complexity index is 5.25. The summed E-state index contributed by atoms with van der Waals surface area (Å²) in [6.07, 6.45) is 0. The SMILES string of the molecule is CC[As]C. The van der Waals surface area contributed by atoms with Crippen molar-refractivity contribution in [1.29, 1.82) is 0 Å². The minimum atomic E-state index is 0.715. The molecule has 0 aliphatic rings. The molecule has 0 spiro atoms. The molecular weight excluding hydrogens is 111 g/mol. The van der Waals surface area contributed by atoms with Gasteiger partial charge in [-0.15, -0.1) is 0 Å². The molecule has 0 aromatic rings. The fraction of sp³-hybridized carbons (Fsp3) is 1.00. The molecule has 25 valence electrons. The summed E-state index contributed by atoms with van der Waals surface area (Å²) < 4.78 is 0. The molecule has 0 aliphatic heterocycles. The van der Waals surface area contributed by atoms with E-state index in [0.29, 0.717) is 15.8 Å². The van der Waals surface area contributed by atoms with Gasteiger partial charge in [-0.25, -0.2) is 0 Å². The van der Waals surface area contributed by atoms with Crippen molar-refractivity contribution in [3.05, 3.63) is 0 Å². The Hall–Kier alpha value is 0.558. The van der Waals surface area contributed by atoms with Crippen LogP contribution in [0.15, 0.2) is 0 Å². The van der Waals surface area contributed by atoms with Gasteiger partial charge in [-0.2, -0.15) is 0 Å². The van der Waals surface area contributed by atoms with Gasteiger partial charge in [0.1, 0.15) is 0 Å². The van der Waals surface area contributed by atoms with Crippen LogP contribution in [-0.4, -0.2) is 15.8 Å². The minimum absolute atomic E-state index is 0.715. The van der Waals surface area contributed by atoms with Gasteiger partial charge in [0.2, 0.25) is 0 Å². The van der Waals surface area contributed by atoms with E-state index >= 15 is 0 Å². The van der Waals surface area contributed by atoms with Crippen LogP contribution < -0.4 is 0 Å². The van der Waals surface area contributed by atoms with Gasteiger partial charge in [0, 0.05) is 0 Å². The quantitative estimate of drug-likeness (QED) is 0.454. The van der Waals surface area contributed by atoms with Crippen molar-refractivity contribution in [2.45, 2.75) is 17.8 Å². The second-order valence-electron chi connectivity index (χ2n) is 0.632. The summed E-state index contributed by atoms with van der Waals surface area (Å²) in [4.78, 5) is 0. The van der Waals surface area contributed by atoms with E-state index in [-0.39, 0.29) is 0 Å². The average Bonchev–Trinajstić information content (AvgIpc) is 1.37. The molecular formula is C3H8As. The molecule has 0 aromatic heterocycles. The molecule has 1 radical (unpaired) electrons. The Balaban J connectivity index is 1.97. The van der Waals surface area contributed by atoms with E-state index in [1.54, 1.807) is 0 Å². The topological polar surface area (TPSA) is 0 Å². The van der Waals surface area contributed by atoms with Crippen LogP contribution >= 0.6 is 0 Å². The van der Waals surface area contributed by atoms with Crippen LogP contribution in [0.4, 0.5) is 0 Å².